The summed E-state index contributed by atoms with van der Waals surface area (Å²) in [5, 5.41) is 0. The summed E-state index contributed by atoms with van der Waals surface area (Å²) in [6, 6.07) is 13.8. The van der Waals surface area contributed by atoms with Crippen LogP contribution in [-0.2, 0) is 12.7 Å². The summed E-state index contributed by atoms with van der Waals surface area (Å²) in [5.74, 6) is -0.432. The van der Waals surface area contributed by atoms with E-state index < -0.39 is 17.6 Å². The van der Waals surface area contributed by atoms with Gasteiger partial charge in [-0.05, 0) is 36.7 Å². The van der Waals surface area contributed by atoms with Crippen molar-refractivity contribution in [3.63, 3.8) is 0 Å². The molecule has 0 aliphatic heterocycles. The van der Waals surface area contributed by atoms with E-state index in [-0.39, 0.29) is 5.56 Å². The first kappa shape index (κ1) is 18.0. The highest BCUT2D eigenvalue weighted by atomic mass is 19.4. The lowest BCUT2D eigenvalue weighted by atomic mass is 10.1. The van der Waals surface area contributed by atoms with Gasteiger partial charge in [-0.15, -0.1) is 0 Å². The van der Waals surface area contributed by atoms with Gasteiger partial charge in [-0.1, -0.05) is 36.4 Å². The van der Waals surface area contributed by atoms with Crippen LogP contribution in [0.2, 0.25) is 0 Å². The number of rotatable bonds is 6. The van der Waals surface area contributed by atoms with E-state index in [4.69, 9.17) is 5.73 Å². The maximum absolute atomic E-state index is 12.8. The molecule has 0 spiro atoms. The van der Waals surface area contributed by atoms with E-state index in [2.05, 4.69) is 0 Å². The second-order valence-electron chi connectivity index (χ2n) is 5.43. The van der Waals surface area contributed by atoms with E-state index in [1.807, 2.05) is 30.3 Å². The molecule has 0 unspecified atom stereocenters. The van der Waals surface area contributed by atoms with Gasteiger partial charge in [0.15, 0.2) is 0 Å². The fourth-order valence-corrected chi connectivity index (χ4v) is 2.35. The average Bonchev–Trinajstić information content (AvgIpc) is 2.58. The fourth-order valence-electron chi connectivity index (χ4n) is 2.35. The van der Waals surface area contributed by atoms with E-state index in [0.717, 1.165) is 17.7 Å². The van der Waals surface area contributed by atoms with Crippen molar-refractivity contribution in [2.45, 2.75) is 19.1 Å². The third-order valence-corrected chi connectivity index (χ3v) is 3.57. The minimum Gasteiger partial charge on any atom is -0.334 e. The predicted molar refractivity (Wildman–Crippen MR) is 86.3 cm³/mol. The number of hydrogen-bond donors (Lipinski definition) is 1. The molecule has 0 aromatic heterocycles. The SMILES string of the molecule is NCCCN(Cc1ccccc1)C(=O)c1cccc(C(F)(F)F)c1. The van der Waals surface area contributed by atoms with Crippen molar-refractivity contribution in [3.05, 3.63) is 71.3 Å². The third-order valence-electron chi connectivity index (χ3n) is 3.57. The van der Waals surface area contributed by atoms with Crippen molar-refractivity contribution in [1.29, 1.82) is 0 Å². The molecule has 1 amide bonds. The second kappa shape index (κ2) is 7.97. The highest BCUT2D eigenvalue weighted by molar-refractivity contribution is 5.94. The van der Waals surface area contributed by atoms with E-state index >= 15 is 0 Å². The molecular formula is C18H19F3N2O. The zero-order valence-corrected chi connectivity index (χ0v) is 13.1. The number of nitrogens with two attached hydrogens (primary N) is 1. The summed E-state index contributed by atoms with van der Waals surface area (Å²) in [6.45, 7) is 1.12. The molecule has 2 aromatic carbocycles. The van der Waals surface area contributed by atoms with Crippen LogP contribution in [0.5, 0.6) is 0 Å². The number of carbonyl (C=O) groups is 1. The largest absolute Gasteiger partial charge is 0.416 e. The van der Waals surface area contributed by atoms with Crippen molar-refractivity contribution < 1.29 is 18.0 Å². The first-order valence-corrected chi connectivity index (χ1v) is 7.62. The molecule has 128 valence electrons. The predicted octanol–water partition coefficient (Wildman–Crippen LogP) is 3.70. The van der Waals surface area contributed by atoms with Gasteiger partial charge in [0.05, 0.1) is 5.56 Å². The lowest BCUT2D eigenvalue weighted by Crippen LogP contribution is -2.32. The first-order valence-electron chi connectivity index (χ1n) is 7.62. The van der Waals surface area contributed by atoms with Crippen LogP contribution in [0.15, 0.2) is 54.6 Å². The Bertz CT molecular complexity index is 671. The third kappa shape index (κ3) is 4.83. The summed E-state index contributed by atoms with van der Waals surface area (Å²) in [6.07, 6.45) is -3.89. The van der Waals surface area contributed by atoms with E-state index in [0.29, 0.717) is 26.1 Å². The van der Waals surface area contributed by atoms with Crippen molar-refractivity contribution in [2.75, 3.05) is 13.1 Å². The molecule has 6 heteroatoms. The quantitative estimate of drug-likeness (QED) is 0.874. The van der Waals surface area contributed by atoms with Crippen LogP contribution in [0.25, 0.3) is 0 Å². The van der Waals surface area contributed by atoms with Crippen LogP contribution in [0.4, 0.5) is 13.2 Å². The van der Waals surface area contributed by atoms with E-state index in [1.165, 1.54) is 17.0 Å². The summed E-state index contributed by atoms with van der Waals surface area (Å²) < 4.78 is 38.5. The van der Waals surface area contributed by atoms with Crippen molar-refractivity contribution >= 4 is 5.91 Å². The van der Waals surface area contributed by atoms with Crippen LogP contribution in [-0.4, -0.2) is 23.9 Å². The van der Waals surface area contributed by atoms with Gasteiger partial charge in [0, 0.05) is 18.7 Å². The van der Waals surface area contributed by atoms with Crippen LogP contribution in [0.1, 0.15) is 27.9 Å². The lowest BCUT2D eigenvalue weighted by Gasteiger charge is -2.23. The van der Waals surface area contributed by atoms with E-state index in [9.17, 15) is 18.0 Å². The molecular weight excluding hydrogens is 317 g/mol. The van der Waals surface area contributed by atoms with Gasteiger partial charge in [-0.3, -0.25) is 4.79 Å². The number of alkyl halides is 3. The highest BCUT2D eigenvalue weighted by Gasteiger charge is 2.31. The van der Waals surface area contributed by atoms with Gasteiger partial charge < -0.3 is 10.6 Å². The monoisotopic (exact) mass is 336 g/mol. The fraction of sp³-hybridized carbons (Fsp3) is 0.278. The molecule has 0 fully saturated rings. The zero-order chi connectivity index (χ0) is 17.6. The van der Waals surface area contributed by atoms with Gasteiger partial charge >= 0.3 is 6.18 Å². The van der Waals surface area contributed by atoms with Gasteiger partial charge in [-0.25, -0.2) is 0 Å². The van der Waals surface area contributed by atoms with Gasteiger partial charge in [0.1, 0.15) is 0 Å². The Kier molecular flexibility index (Phi) is 5.98. The Morgan fingerprint density at radius 3 is 2.38 bits per heavy atom. The summed E-state index contributed by atoms with van der Waals surface area (Å²) in [4.78, 5) is 14.2. The van der Waals surface area contributed by atoms with Crippen LogP contribution < -0.4 is 5.73 Å². The minimum atomic E-state index is -4.47. The second-order valence-corrected chi connectivity index (χ2v) is 5.43. The normalized spacial score (nSPS) is 11.3. The Labute approximate surface area is 138 Å². The molecule has 0 atom stereocenters. The molecule has 0 aliphatic carbocycles. The van der Waals surface area contributed by atoms with Crippen molar-refractivity contribution in [2.24, 2.45) is 5.73 Å². The Balaban J connectivity index is 2.24. The van der Waals surface area contributed by atoms with Crippen molar-refractivity contribution in [1.82, 2.24) is 4.90 Å². The number of carbonyl (C=O) groups excluding carboxylic acids is 1. The topological polar surface area (TPSA) is 46.3 Å². The maximum Gasteiger partial charge on any atom is 0.416 e. The number of nitrogens with zero attached hydrogens (tertiary/aromatic N) is 1. The molecule has 2 rings (SSSR count). The Hall–Kier alpha value is -2.34. The van der Waals surface area contributed by atoms with Crippen LogP contribution >= 0.6 is 0 Å². The molecule has 3 nitrogen and oxygen atoms in total. The van der Waals surface area contributed by atoms with Crippen molar-refractivity contribution in [3.8, 4) is 0 Å². The molecule has 0 saturated carbocycles. The molecule has 0 aliphatic rings. The van der Waals surface area contributed by atoms with Gasteiger partial charge in [0.2, 0.25) is 0 Å². The molecule has 2 N–H and O–H groups in total. The maximum atomic E-state index is 12.8. The molecule has 2 aromatic rings. The molecule has 24 heavy (non-hydrogen) atoms. The van der Waals surface area contributed by atoms with Crippen LogP contribution in [0, 0.1) is 0 Å². The number of halogens is 3. The van der Waals surface area contributed by atoms with Gasteiger partial charge in [-0.2, -0.15) is 13.2 Å². The molecule has 0 heterocycles. The molecule has 0 radical (unpaired) electrons. The zero-order valence-electron chi connectivity index (χ0n) is 13.1. The van der Waals surface area contributed by atoms with Gasteiger partial charge in [0.25, 0.3) is 5.91 Å². The Morgan fingerprint density at radius 1 is 1.04 bits per heavy atom. The standard InChI is InChI=1S/C18H19F3N2O/c19-18(20,21)16-9-4-8-15(12-16)17(24)23(11-5-10-22)13-14-6-2-1-3-7-14/h1-4,6-9,12H,5,10-11,13,22H2. The summed E-state index contributed by atoms with van der Waals surface area (Å²) in [5.41, 5.74) is 5.61. The summed E-state index contributed by atoms with van der Waals surface area (Å²) in [7, 11) is 0. The van der Waals surface area contributed by atoms with Crippen LogP contribution in [0.3, 0.4) is 0 Å². The minimum absolute atomic E-state index is 0.0257. The van der Waals surface area contributed by atoms with E-state index in [1.54, 1.807) is 0 Å². The summed E-state index contributed by atoms with van der Waals surface area (Å²) >= 11 is 0. The molecule has 0 saturated heterocycles. The highest BCUT2D eigenvalue weighted by Crippen LogP contribution is 2.29. The average molecular weight is 336 g/mol. The smallest absolute Gasteiger partial charge is 0.334 e. The number of amides is 1. The molecule has 0 bridgehead atoms. The Morgan fingerprint density at radius 2 is 1.75 bits per heavy atom. The first-order chi connectivity index (χ1) is 11.4. The number of hydrogen-bond acceptors (Lipinski definition) is 2. The number of benzene rings is 2. The lowest BCUT2D eigenvalue weighted by molar-refractivity contribution is -0.137.